The minimum Gasteiger partial charge on any atom is -0.284 e. The lowest BCUT2D eigenvalue weighted by atomic mass is 9.91. The summed E-state index contributed by atoms with van der Waals surface area (Å²) in [5.41, 5.74) is 3.19. The summed E-state index contributed by atoms with van der Waals surface area (Å²) >= 11 is 0. The molecule has 0 saturated heterocycles. The highest BCUT2D eigenvalue weighted by Crippen LogP contribution is 2.38. The van der Waals surface area contributed by atoms with Crippen molar-refractivity contribution >= 4 is 25.8 Å². The molecule has 3 rings (SSSR count). The summed E-state index contributed by atoms with van der Waals surface area (Å²) in [6, 6.07) is 16.9. The third-order valence-corrected chi connectivity index (χ3v) is 7.94. The predicted molar refractivity (Wildman–Crippen MR) is 99.4 cm³/mol. The van der Waals surface area contributed by atoms with Gasteiger partial charge in [0, 0.05) is 6.42 Å². The summed E-state index contributed by atoms with van der Waals surface area (Å²) < 4.78 is 62.4. The lowest BCUT2D eigenvalue weighted by Gasteiger charge is -2.26. The molecule has 0 saturated carbocycles. The van der Waals surface area contributed by atoms with Crippen molar-refractivity contribution in [3.63, 3.8) is 0 Å². The maximum atomic E-state index is 11.6. The highest BCUT2D eigenvalue weighted by atomic mass is 32.3. The van der Waals surface area contributed by atoms with E-state index in [0.29, 0.717) is 5.57 Å². The van der Waals surface area contributed by atoms with Crippen molar-refractivity contribution in [2.45, 2.75) is 10.5 Å². The Labute approximate surface area is 152 Å². The average Bonchev–Trinajstić information content (AvgIpc) is 2.61. The second-order valence-corrected chi connectivity index (χ2v) is 9.49. The highest BCUT2D eigenvalue weighted by Gasteiger charge is 2.52. The second-order valence-electron chi connectivity index (χ2n) is 5.87. The molecule has 0 fully saturated rings. The number of hydrogen-bond acceptors (Lipinski definition) is 4. The fourth-order valence-electron chi connectivity index (χ4n) is 2.92. The van der Waals surface area contributed by atoms with Crippen LogP contribution in [0.15, 0.2) is 72.8 Å². The SMILES string of the molecule is O=S(=O)(O)C1(S(=O)(=O)O)C=CC(c2ccccc2-c2ccccc2)=CC1. The molecule has 6 nitrogen and oxygen atoms in total. The van der Waals surface area contributed by atoms with Gasteiger partial charge in [0.1, 0.15) is 0 Å². The monoisotopic (exact) mass is 392 g/mol. The molecular weight excluding hydrogens is 376 g/mol. The Bertz CT molecular complexity index is 1070. The van der Waals surface area contributed by atoms with Gasteiger partial charge in [-0.05, 0) is 28.3 Å². The van der Waals surface area contributed by atoms with E-state index < -0.39 is 30.7 Å². The third kappa shape index (κ3) is 3.12. The maximum absolute atomic E-state index is 11.6. The Morgan fingerprint density at radius 1 is 0.769 bits per heavy atom. The van der Waals surface area contributed by atoms with Crippen molar-refractivity contribution in [2.75, 3.05) is 0 Å². The summed E-state index contributed by atoms with van der Waals surface area (Å²) in [5.74, 6) is 0. The fraction of sp³-hybridized carbons (Fsp3) is 0.111. The van der Waals surface area contributed by atoms with Crippen molar-refractivity contribution in [1.82, 2.24) is 0 Å². The van der Waals surface area contributed by atoms with Crippen LogP contribution in [0.5, 0.6) is 0 Å². The van der Waals surface area contributed by atoms with Gasteiger partial charge < -0.3 is 0 Å². The summed E-state index contributed by atoms with van der Waals surface area (Å²) in [4.78, 5) is 0. The first-order chi connectivity index (χ1) is 12.2. The van der Waals surface area contributed by atoms with Crippen molar-refractivity contribution in [3.8, 4) is 11.1 Å². The molecule has 1 aliphatic rings. The Morgan fingerprint density at radius 3 is 1.81 bits per heavy atom. The molecule has 1 aliphatic carbocycles. The molecule has 0 heterocycles. The molecule has 0 bridgehead atoms. The zero-order valence-electron chi connectivity index (χ0n) is 13.5. The number of rotatable bonds is 4. The van der Waals surface area contributed by atoms with Crippen LogP contribution in [0.4, 0.5) is 0 Å². The zero-order chi connectivity index (χ0) is 19.0. The van der Waals surface area contributed by atoms with Gasteiger partial charge in [-0.1, -0.05) is 66.7 Å². The van der Waals surface area contributed by atoms with E-state index in [9.17, 15) is 25.9 Å². The quantitative estimate of drug-likeness (QED) is 0.774. The molecule has 0 aromatic heterocycles. The maximum Gasteiger partial charge on any atom is 0.291 e. The van der Waals surface area contributed by atoms with Crippen LogP contribution in [0.2, 0.25) is 0 Å². The van der Waals surface area contributed by atoms with Crippen molar-refractivity contribution < 1.29 is 25.9 Å². The molecule has 0 spiro atoms. The lowest BCUT2D eigenvalue weighted by molar-refractivity contribution is 0.437. The zero-order valence-corrected chi connectivity index (χ0v) is 15.1. The summed E-state index contributed by atoms with van der Waals surface area (Å²) in [5, 5.41) is 0. The molecule has 2 N–H and O–H groups in total. The average molecular weight is 392 g/mol. The Kier molecular flexibility index (Phi) is 4.61. The van der Waals surface area contributed by atoms with Crippen LogP contribution < -0.4 is 0 Å². The molecule has 0 amide bonds. The molecule has 136 valence electrons. The van der Waals surface area contributed by atoms with E-state index in [1.54, 1.807) is 0 Å². The van der Waals surface area contributed by atoms with E-state index in [2.05, 4.69) is 0 Å². The topological polar surface area (TPSA) is 109 Å². The van der Waals surface area contributed by atoms with E-state index in [0.717, 1.165) is 22.8 Å². The molecular formula is C18H16O6S2. The van der Waals surface area contributed by atoms with Gasteiger partial charge >= 0.3 is 0 Å². The van der Waals surface area contributed by atoms with Crippen LogP contribution >= 0.6 is 0 Å². The molecule has 2 aromatic rings. The van der Waals surface area contributed by atoms with Crippen molar-refractivity contribution in [1.29, 1.82) is 0 Å². The standard InChI is InChI=1S/C18H16O6S2/c19-25(20,21)18(26(22,23)24)12-10-15(11-13-18)17-9-5-4-8-16(17)14-6-2-1-3-7-14/h1-12H,13H2,(H,19,20,21)(H,22,23,24). The summed E-state index contributed by atoms with van der Waals surface area (Å²) in [6.45, 7) is 0. The van der Waals surface area contributed by atoms with Gasteiger partial charge in [-0.2, -0.15) is 16.8 Å². The van der Waals surface area contributed by atoms with Crippen LogP contribution in [0.25, 0.3) is 16.7 Å². The van der Waals surface area contributed by atoms with Gasteiger partial charge in [0.15, 0.2) is 0 Å². The fourth-order valence-corrected chi connectivity index (χ4v) is 5.06. The first-order valence-electron chi connectivity index (χ1n) is 7.64. The summed E-state index contributed by atoms with van der Waals surface area (Å²) in [7, 11) is -10.2. The van der Waals surface area contributed by atoms with Gasteiger partial charge in [-0.25, -0.2) is 0 Å². The second kappa shape index (κ2) is 6.48. The van der Waals surface area contributed by atoms with E-state index >= 15 is 0 Å². The lowest BCUT2D eigenvalue weighted by Crippen LogP contribution is -2.44. The smallest absolute Gasteiger partial charge is 0.284 e. The Hall–Kier alpha value is -2.26. The van der Waals surface area contributed by atoms with E-state index in [1.807, 2.05) is 54.6 Å². The van der Waals surface area contributed by atoms with Gasteiger partial charge in [0.25, 0.3) is 20.2 Å². The molecule has 0 aliphatic heterocycles. The van der Waals surface area contributed by atoms with Crippen LogP contribution in [0.1, 0.15) is 12.0 Å². The van der Waals surface area contributed by atoms with Crippen LogP contribution in [0, 0.1) is 0 Å². The first-order valence-corrected chi connectivity index (χ1v) is 10.5. The van der Waals surface area contributed by atoms with Crippen LogP contribution in [-0.2, 0) is 20.2 Å². The van der Waals surface area contributed by atoms with Gasteiger partial charge in [0.05, 0.1) is 0 Å². The van der Waals surface area contributed by atoms with Gasteiger partial charge in [0.2, 0.25) is 4.08 Å². The first kappa shape index (κ1) is 18.5. The molecule has 0 atom stereocenters. The highest BCUT2D eigenvalue weighted by molar-refractivity contribution is 8.05. The number of benzene rings is 2. The van der Waals surface area contributed by atoms with E-state index in [4.69, 9.17) is 0 Å². The molecule has 8 heteroatoms. The van der Waals surface area contributed by atoms with Gasteiger partial charge in [-0.15, -0.1) is 0 Å². The Morgan fingerprint density at radius 2 is 1.31 bits per heavy atom. The Balaban J connectivity index is 2.09. The molecule has 0 radical (unpaired) electrons. The van der Waals surface area contributed by atoms with Crippen molar-refractivity contribution in [3.05, 3.63) is 78.4 Å². The normalized spacial score (nSPS) is 16.9. The minimum atomic E-state index is -5.08. The molecule has 26 heavy (non-hydrogen) atoms. The predicted octanol–water partition coefficient (Wildman–Crippen LogP) is 3.17. The third-order valence-electron chi connectivity index (χ3n) is 4.32. The van der Waals surface area contributed by atoms with E-state index in [-0.39, 0.29) is 0 Å². The minimum absolute atomic E-state index is 0.590. The van der Waals surface area contributed by atoms with Crippen LogP contribution in [-0.4, -0.2) is 30.0 Å². The number of hydrogen-bond donors (Lipinski definition) is 2. The molecule has 0 unspecified atom stereocenters. The van der Waals surface area contributed by atoms with Gasteiger partial charge in [-0.3, -0.25) is 9.11 Å². The number of allylic oxidation sites excluding steroid dienone is 3. The van der Waals surface area contributed by atoms with Crippen molar-refractivity contribution in [2.24, 2.45) is 0 Å². The largest absolute Gasteiger partial charge is 0.291 e. The molecule has 2 aromatic carbocycles. The van der Waals surface area contributed by atoms with Crippen LogP contribution in [0.3, 0.4) is 0 Å². The summed E-state index contributed by atoms with van der Waals surface area (Å²) in [6.07, 6.45) is 2.88. The van der Waals surface area contributed by atoms with E-state index in [1.165, 1.54) is 12.2 Å².